The standard InChI is InChI=1S/C15H28N2O2/c1-3-14(8-9-16-10-14)13(19)17-15(11-18)6-4-12(2)5-7-15/h12,16,18H,3-11H2,1-2H3,(H,17,19). The molecule has 1 saturated heterocycles. The molecule has 0 bridgehead atoms. The predicted octanol–water partition coefficient (Wildman–Crippen LogP) is 1.43. The average molecular weight is 268 g/mol. The summed E-state index contributed by atoms with van der Waals surface area (Å²) in [5, 5.41) is 16.2. The molecule has 110 valence electrons. The van der Waals surface area contributed by atoms with Crippen LogP contribution in [0.1, 0.15) is 52.4 Å². The first-order valence-corrected chi connectivity index (χ1v) is 7.70. The Balaban J connectivity index is 2.03. The molecule has 1 amide bonds. The van der Waals surface area contributed by atoms with Crippen molar-refractivity contribution in [2.45, 2.75) is 57.9 Å². The molecule has 2 rings (SSSR count). The zero-order valence-electron chi connectivity index (χ0n) is 12.3. The summed E-state index contributed by atoms with van der Waals surface area (Å²) in [4.78, 5) is 12.6. The van der Waals surface area contributed by atoms with Gasteiger partial charge in [-0.15, -0.1) is 0 Å². The first-order chi connectivity index (χ1) is 9.06. The number of rotatable bonds is 4. The third-order valence-corrected chi connectivity index (χ3v) is 5.31. The summed E-state index contributed by atoms with van der Waals surface area (Å²) in [7, 11) is 0. The van der Waals surface area contributed by atoms with Crippen LogP contribution >= 0.6 is 0 Å². The summed E-state index contributed by atoms with van der Waals surface area (Å²) < 4.78 is 0. The molecule has 1 saturated carbocycles. The first-order valence-electron chi connectivity index (χ1n) is 7.70. The van der Waals surface area contributed by atoms with E-state index >= 15 is 0 Å². The lowest BCUT2D eigenvalue weighted by Crippen LogP contribution is -2.57. The van der Waals surface area contributed by atoms with Crippen molar-refractivity contribution in [3.05, 3.63) is 0 Å². The van der Waals surface area contributed by atoms with E-state index in [2.05, 4.69) is 24.5 Å². The van der Waals surface area contributed by atoms with Crippen LogP contribution in [0.25, 0.3) is 0 Å². The fourth-order valence-corrected chi connectivity index (χ4v) is 3.41. The van der Waals surface area contributed by atoms with Gasteiger partial charge in [-0.05, 0) is 51.0 Å². The van der Waals surface area contributed by atoms with Crippen molar-refractivity contribution >= 4 is 5.91 Å². The molecule has 2 fully saturated rings. The van der Waals surface area contributed by atoms with Crippen LogP contribution in [0.3, 0.4) is 0 Å². The average Bonchev–Trinajstić information content (AvgIpc) is 2.92. The van der Waals surface area contributed by atoms with Gasteiger partial charge in [-0.1, -0.05) is 13.8 Å². The van der Waals surface area contributed by atoms with E-state index in [-0.39, 0.29) is 23.5 Å². The van der Waals surface area contributed by atoms with Crippen molar-refractivity contribution in [1.82, 2.24) is 10.6 Å². The Morgan fingerprint density at radius 2 is 2.05 bits per heavy atom. The van der Waals surface area contributed by atoms with Gasteiger partial charge in [-0.25, -0.2) is 0 Å². The molecule has 2 aliphatic rings. The minimum absolute atomic E-state index is 0.0681. The van der Waals surface area contributed by atoms with E-state index in [0.29, 0.717) is 5.92 Å². The van der Waals surface area contributed by atoms with E-state index < -0.39 is 0 Å². The van der Waals surface area contributed by atoms with Crippen molar-refractivity contribution < 1.29 is 9.90 Å². The van der Waals surface area contributed by atoms with E-state index in [1.807, 2.05) is 0 Å². The van der Waals surface area contributed by atoms with Crippen molar-refractivity contribution in [2.24, 2.45) is 11.3 Å². The number of amides is 1. The lowest BCUT2D eigenvalue weighted by atomic mass is 9.76. The predicted molar refractivity (Wildman–Crippen MR) is 75.8 cm³/mol. The fraction of sp³-hybridized carbons (Fsp3) is 0.933. The highest BCUT2D eigenvalue weighted by molar-refractivity contribution is 5.84. The Morgan fingerprint density at radius 1 is 1.37 bits per heavy atom. The van der Waals surface area contributed by atoms with Crippen LogP contribution < -0.4 is 10.6 Å². The highest BCUT2D eigenvalue weighted by Gasteiger charge is 2.44. The van der Waals surface area contributed by atoms with Crippen molar-refractivity contribution in [3.8, 4) is 0 Å². The van der Waals surface area contributed by atoms with Crippen LogP contribution in [0.15, 0.2) is 0 Å². The lowest BCUT2D eigenvalue weighted by Gasteiger charge is -2.41. The lowest BCUT2D eigenvalue weighted by molar-refractivity contribution is -0.133. The van der Waals surface area contributed by atoms with Crippen LogP contribution in [-0.4, -0.2) is 36.2 Å². The minimum Gasteiger partial charge on any atom is -0.394 e. The molecule has 1 aliphatic carbocycles. The molecule has 1 aliphatic heterocycles. The third kappa shape index (κ3) is 2.95. The number of carbonyl (C=O) groups excluding carboxylic acids is 1. The third-order valence-electron chi connectivity index (χ3n) is 5.31. The van der Waals surface area contributed by atoms with Gasteiger partial charge < -0.3 is 15.7 Å². The van der Waals surface area contributed by atoms with E-state index in [1.54, 1.807) is 0 Å². The monoisotopic (exact) mass is 268 g/mol. The Morgan fingerprint density at radius 3 is 2.53 bits per heavy atom. The smallest absolute Gasteiger partial charge is 0.228 e. The highest BCUT2D eigenvalue weighted by Crippen LogP contribution is 2.35. The van der Waals surface area contributed by atoms with Crippen molar-refractivity contribution in [3.63, 3.8) is 0 Å². The van der Waals surface area contributed by atoms with Crippen molar-refractivity contribution in [2.75, 3.05) is 19.7 Å². The molecule has 0 spiro atoms. The summed E-state index contributed by atoms with van der Waals surface area (Å²) in [6.45, 7) is 6.09. The SMILES string of the molecule is CCC1(C(=O)NC2(CO)CCC(C)CC2)CCNC1. The maximum Gasteiger partial charge on any atom is 0.228 e. The van der Waals surface area contributed by atoms with Crippen LogP contribution in [0.4, 0.5) is 0 Å². The van der Waals surface area contributed by atoms with Gasteiger partial charge >= 0.3 is 0 Å². The van der Waals surface area contributed by atoms with Gasteiger partial charge in [-0.2, -0.15) is 0 Å². The Labute approximate surface area is 116 Å². The van der Waals surface area contributed by atoms with E-state index in [4.69, 9.17) is 0 Å². The van der Waals surface area contributed by atoms with E-state index in [1.165, 1.54) is 0 Å². The van der Waals surface area contributed by atoms with Gasteiger partial charge in [0, 0.05) is 6.54 Å². The molecule has 3 N–H and O–H groups in total. The molecule has 1 atom stereocenters. The van der Waals surface area contributed by atoms with Gasteiger partial charge in [0.25, 0.3) is 0 Å². The maximum absolute atomic E-state index is 12.6. The maximum atomic E-state index is 12.6. The van der Waals surface area contributed by atoms with Crippen LogP contribution in [0, 0.1) is 11.3 Å². The quantitative estimate of drug-likeness (QED) is 0.723. The fourth-order valence-electron chi connectivity index (χ4n) is 3.41. The Kier molecular flexibility index (Phi) is 4.51. The van der Waals surface area contributed by atoms with Gasteiger partial charge in [0.2, 0.25) is 5.91 Å². The summed E-state index contributed by atoms with van der Waals surface area (Å²) >= 11 is 0. The zero-order valence-corrected chi connectivity index (χ0v) is 12.3. The number of hydrogen-bond acceptors (Lipinski definition) is 3. The second-order valence-electron chi connectivity index (χ2n) is 6.64. The van der Waals surface area contributed by atoms with E-state index in [9.17, 15) is 9.90 Å². The molecule has 0 aromatic heterocycles. The molecule has 0 aromatic rings. The molecule has 0 radical (unpaired) electrons. The molecule has 1 heterocycles. The summed E-state index contributed by atoms with van der Waals surface area (Å²) in [6, 6.07) is 0. The largest absolute Gasteiger partial charge is 0.394 e. The zero-order chi connectivity index (χ0) is 13.9. The van der Waals surface area contributed by atoms with Crippen LogP contribution in [-0.2, 0) is 4.79 Å². The minimum atomic E-state index is -0.367. The topological polar surface area (TPSA) is 61.4 Å². The van der Waals surface area contributed by atoms with E-state index in [0.717, 1.165) is 51.6 Å². The molecule has 4 heteroatoms. The number of nitrogens with one attached hydrogen (secondary N) is 2. The molecular weight excluding hydrogens is 240 g/mol. The highest BCUT2D eigenvalue weighted by atomic mass is 16.3. The van der Waals surface area contributed by atoms with Crippen LogP contribution in [0.5, 0.6) is 0 Å². The van der Waals surface area contributed by atoms with Gasteiger partial charge in [0.15, 0.2) is 0 Å². The number of hydrogen-bond donors (Lipinski definition) is 3. The van der Waals surface area contributed by atoms with Gasteiger partial charge in [0.05, 0.1) is 17.6 Å². The Bertz CT molecular complexity index is 316. The molecule has 1 unspecified atom stereocenters. The Hall–Kier alpha value is -0.610. The molecule has 19 heavy (non-hydrogen) atoms. The second-order valence-corrected chi connectivity index (χ2v) is 6.64. The van der Waals surface area contributed by atoms with Crippen molar-refractivity contribution in [1.29, 1.82) is 0 Å². The molecule has 0 aromatic carbocycles. The first kappa shape index (κ1) is 14.8. The molecule has 4 nitrogen and oxygen atoms in total. The van der Waals surface area contributed by atoms with Gasteiger partial charge in [-0.3, -0.25) is 4.79 Å². The number of carbonyl (C=O) groups is 1. The van der Waals surface area contributed by atoms with Gasteiger partial charge in [0.1, 0.15) is 0 Å². The molecular formula is C15H28N2O2. The summed E-state index contributed by atoms with van der Waals surface area (Å²) in [5.74, 6) is 0.855. The van der Waals surface area contributed by atoms with Crippen LogP contribution in [0.2, 0.25) is 0 Å². The summed E-state index contributed by atoms with van der Waals surface area (Å²) in [6.07, 6.45) is 5.78. The number of aliphatic hydroxyl groups is 1. The second kappa shape index (κ2) is 5.80. The normalized spacial score (nSPS) is 39.2. The summed E-state index contributed by atoms with van der Waals surface area (Å²) in [5.41, 5.74) is -0.625. The number of aliphatic hydroxyl groups excluding tert-OH is 1.